The van der Waals surface area contributed by atoms with E-state index < -0.39 is 0 Å². The van der Waals surface area contributed by atoms with Gasteiger partial charge >= 0.3 is 0 Å². The molecule has 98 valence electrons. The molecule has 5 nitrogen and oxygen atoms in total. The largest absolute Gasteiger partial charge is 0.472 e. The van der Waals surface area contributed by atoms with Gasteiger partial charge in [0.25, 0.3) is 5.91 Å². The van der Waals surface area contributed by atoms with Gasteiger partial charge in [0.05, 0.1) is 18.4 Å². The maximum absolute atomic E-state index is 11.6. The molecule has 6 heteroatoms. The first-order valence-corrected chi connectivity index (χ1v) is 6.30. The molecule has 0 atom stereocenters. The summed E-state index contributed by atoms with van der Waals surface area (Å²) in [6, 6.07) is 8.73. The number of carbonyl (C=O) groups is 2. The third kappa shape index (κ3) is 3.96. The Balaban J connectivity index is 1.83. The predicted molar refractivity (Wildman–Crippen MR) is 73.8 cm³/mol. The van der Waals surface area contributed by atoms with Gasteiger partial charge in [0.15, 0.2) is 0 Å². The minimum Gasteiger partial charge on any atom is -0.472 e. The highest BCUT2D eigenvalue weighted by atomic mass is 79.9. The summed E-state index contributed by atoms with van der Waals surface area (Å²) in [5.74, 6) is -0.645. The van der Waals surface area contributed by atoms with Crippen LogP contribution in [0.3, 0.4) is 0 Å². The summed E-state index contributed by atoms with van der Waals surface area (Å²) in [5.41, 5.74) is 1.05. The summed E-state index contributed by atoms with van der Waals surface area (Å²) in [6.07, 6.45) is 2.72. The Bertz CT molecular complexity index is 581. The Labute approximate surface area is 118 Å². The number of furan rings is 1. The van der Waals surface area contributed by atoms with Crippen molar-refractivity contribution in [3.8, 4) is 0 Å². The second-order valence-corrected chi connectivity index (χ2v) is 4.67. The van der Waals surface area contributed by atoms with Crippen LogP contribution in [0.1, 0.15) is 10.4 Å². The molecule has 0 radical (unpaired) electrons. The monoisotopic (exact) mass is 322 g/mol. The quantitative estimate of drug-likeness (QED) is 0.908. The SMILES string of the molecule is O=C(CNC(=O)c1ccoc1)Nc1cccc(Br)c1. The Morgan fingerprint density at radius 3 is 2.79 bits per heavy atom. The number of anilines is 1. The van der Waals surface area contributed by atoms with Crippen LogP contribution in [0.25, 0.3) is 0 Å². The van der Waals surface area contributed by atoms with Gasteiger partial charge in [0.1, 0.15) is 6.26 Å². The second kappa shape index (κ2) is 6.19. The van der Waals surface area contributed by atoms with Crippen LogP contribution in [0.15, 0.2) is 51.7 Å². The fraction of sp³-hybridized carbons (Fsp3) is 0.0769. The van der Waals surface area contributed by atoms with Crippen molar-refractivity contribution in [1.82, 2.24) is 5.32 Å². The van der Waals surface area contributed by atoms with Crippen molar-refractivity contribution in [2.75, 3.05) is 11.9 Å². The predicted octanol–water partition coefficient (Wildman–Crippen LogP) is 2.41. The van der Waals surface area contributed by atoms with E-state index in [1.165, 1.54) is 18.6 Å². The fourth-order valence-corrected chi connectivity index (χ4v) is 1.83. The van der Waals surface area contributed by atoms with Gasteiger partial charge in [0, 0.05) is 10.2 Å². The van der Waals surface area contributed by atoms with E-state index in [-0.39, 0.29) is 18.4 Å². The van der Waals surface area contributed by atoms with Crippen LogP contribution in [0.5, 0.6) is 0 Å². The van der Waals surface area contributed by atoms with E-state index in [4.69, 9.17) is 4.42 Å². The summed E-state index contributed by atoms with van der Waals surface area (Å²) in [7, 11) is 0. The van der Waals surface area contributed by atoms with Gasteiger partial charge in [-0.25, -0.2) is 0 Å². The minimum absolute atomic E-state index is 0.101. The molecular weight excluding hydrogens is 312 g/mol. The van der Waals surface area contributed by atoms with E-state index in [0.717, 1.165) is 4.47 Å². The molecule has 0 aliphatic rings. The van der Waals surface area contributed by atoms with Crippen LogP contribution in [-0.2, 0) is 4.79 Å². The van der Waals surface area contributed by atoms with Crippen molar-refractivity contribution >= 4 is 33.4 Å². The molecule has 0 saturated heterocycles. The Hall–Kier alpha value is -2.08. The summed E-state index contributed by atoms with van der Waals surface area (Å²) < 4.78 is 5.65. The van der Waals surface area contributed by atoms with Crippen molar-refractivity contribution in [3.63, 3.8) is 0 Å². The Morgan fingerprint density at radius 2 is 2.11 bits per heavy atom. The van der Waals surface area contributed by atoms with Crippen LogP contribution in [0.4, 0.5) is 5.69 Å². The molecule has 0 spiro atoms. The van der Waals surface area contributed by atoms with Crippen LogP contribution in [0.2, 0.25) is 0 Å². The summed E-state index contributed by atoms with van der Waals surface area (Å²) >= 11 is 3.31. The molecule has 0 fully saturated rings. The number of carbonyl (C=O) groups excluding carboxylic acids is 2. The molecule has 2 rings (SSSR count). The number of hydrogen-bond donors (Lipinski definition) is 2. The first kappa shape index (κ1) is 13.4. The number of halogens is 1. The van der Waals surface area contributed by atoms with Gasteiger partial charge in [0.2, 0.25) is 5.91 Å². The topological polar surface area (TPSA) is 71.3 Å². The molecule has 2 N–H and O–H groups in total. The lowest BCUT2D eigenvalue weighted by Gasteiger charge is -2.06. The summed E-state index contributed by atoms with van der Waals surface area (Å²) in [6.45, 7) is -0.101. The maximum Gasteiger partial charge on any atom is 0.254 e. The Morgan fingerprint density at radius 1 is 1.26 bits per heavy atom. The van der Waals surface area contributed by atoms with Crippen molar-refractivity contribution < 1.29 is 14.0 Å². The summed E-state index contributed by atoms with van der Waals surface area (Å²) in [5, 5.41) is 5.17. The van der Waals surface area contributed by atoms with E-state index >= 15 is 0 Å². The van der Waals surface area contributed by atoms with Crippen molar-refractivity contribution in [2.45, 2.75) is 0 Å². The van der Waals surface area contributed by atoms with Crippen molar-refractivity contribution in [3.05, 3.63) is 52.9 Å². The smallest absolute Gasteiger partial charge is 0.254 e. The maximum atomic E-state index is 11.6. The van der Waals surface area contributed by atoms with Gasteiger partial charge in [-0.05, 0) is 24.3 Å². The van der Waals surface area contributed by atoms with Crippen molar-refractivity contribution in [2.24, 2.45) is 0 Å². The lowest BCUT2D eigenvalue weighted by atomic mass is 10.3. The van der Waals surface area contributed by atoms with E-state index in [1.807, 2.05) is 12.1 Å². The van der Waals surface area contributed by atoms with Crippen LogP contribution >= 0.6 is 15.9 Å². The average Bonchev–Trinajstić information content (AvgIpc) is 2.90. The number of amides is 2. The van der Waals surface area contributed by atoms with Crippen LogP contribution in [-0.4, -0.2) is 18.4 Å². The first-order chi connectivity index (χ1) is 9.15. The van der Waals surface area contributed by atoms with Crippen LogP contribution in [0, 0.1) is 0 Å². The molecule has 2 amide bonds. The second-order valence-electron chi connectivity index (χ2n) is 3.75. The molecule has 0 aliphatic heterocycles. The zero-order valence-electron chi connectivity index (χ0n) is 9.85. The molecule has 0 bridgehead atoms. The zero-order valence-corrected chi connectivity index (χ0v) is 11.4. The minimum atomic E-state index is -0.349. The molecule has 0 aliphatic carbocycles. The molecule has 0 saturated carbocycles. The Kier molecular flexibility index (Phi) is 4.35. The molecule has 0 unspecified atom stereocenters. The van der Waals surface area contributed by atoms with Gasteiger partial charge < -0.3 is 15.1 Å². The lowest BCUT2D eigenvalue weighted by molar-refractivity contribution is -0.115. The first-order valence-electron chi connectivity index (χ1n) is 5.51. The zero-order chi connectivity index (χ0) is 13.7. The summed E-state index contributed by atoms with van der Waals surface area (Å²) in [4.78, 5) is 23.2. The highest BCUT2D eigenvalue weighted by Crippen LogP contribution is 2.15. The number of rotatable bonds is 4. The van der Waals surface area contributed by atoms with Gasteiger partial charge in [-0.15, -0.1) is 0 Å². The van der Waals surface area contributed by atoms with Crippen molar-refractivity contribution in [1.29, 1.82) is 0 Å². The van der Waals surface area contributed by atoms with Crippen LogP contribution < -0.4 is 10.6 Å². The normalized spacial score (nSPS) is 9.95. The number of benzene rings is 1. The highest BCUT2D eigenvalue weighted by Gasteiger charge is 2.09. The molecule has 2 aromatic rings. The molecular formula is C13H11BrN2O3. The van der Waals surface area contributed by atoms with E-state index in [0.29, 0.717) is 11.3 Å². The molecule has 1 heterocycles. The van der Waals surface area contributed by atoms with Gasteiger partial charge in [-0.2, -0.15) is 0 Å². The fourth-order valence-electron chi connectivity index (χ4n) is 1.43. The number of hydrogen-bond acceptors (Lipinski definition) is 3. The van der Waals surface area contributed by atoms with E-state index in [2.05, 4.69) is 26.6 Å². The highest BCUT2D eigenvalue weighted by molar-refractivity contribution is 9.10. The molecule has 19 heavy (non-hydrogen) atoms. The standard InChI is InChI=1S/C13H11BrN2O3/c14-10-2-1-3-11(6-10)16-12(17)7-15-13(18)9-4-5-19-8-9/h1-6,8H,7H2,(H,15,18)(H,16,17). The van der Waals surface area contributed by atoms with Gasteiger partial charge in [-0.3, -0.25) is 9.59 Å². The van der Waals surface area contributed by atoms with E-state index in [9.17, 15) is 9.59 Å². The van der Waals surface area contributed by atoms with E-state index in [1.54, 1.807) is 12.1 Å². The third-order valence-corrected chi connectivity index (χ3v) is 2.79. The van der Waals surface area contributed by atoms with Gasteiger partial charge in [-0.1, -0.05) is 22.0 Å². The third-order valence-electron chi connectivity index (χ3n) is 2.30. The number of nitrogens with one attached hydrogen (secondary N) is 2. The molecule has 1 aromatic carbocycles. The molecule has 1 aromatic heterocycles. The average molecular weight is 323 g/mol. The lowest BCUT2D eigenvalue weighted by Crippen LogP contribution is -2.32.